The molecular formula is C15H18N2O3S. The second-order valence-electron chi connectivity index (χ2n) is 4.70. The van der Waals surface area contributed by atoms with Gasteiger partial charge in [-0.1, -0.05) is 17.8 Å². The molecule has 0 spiro atoms. The van der Waals surface area contributed by atoms with Crippen molar-refractivity contribution >= 4 is 23.6 Å². The maximum absolute atomic E-state index is 12.3. The van der Waals surface area contributed by atoms with Gasteiger partial charge in [0.25, 0.3) is 0 Å². The summed E-state index contributed by atoms with van der Waals surface area (Å²) in [6, 6.07) is 3.13. The molecule has 6 heteroatoms. The lowest BCUT2D eigenvalue weighted by molar-refractivity contribution is -0.126. The van der Waals surface area contributed by atoms with Gasteiger partial charge in [0.2, 0.25) is 5.91 Å². The van der Waals surface area contributed by atoms with Crippen LogP contribution in [-0.2, 0) is 4.79 Å². The highest BCUT2D eigenvalue weighted by atomic mass is 32.2. The number of nitrogens with zero attached hydrogens (tertiary/aromatic N) is 2. The molecule has 0 aromatic carbocycles. The zero-order valence-electron chi connectivity index (χ0n) is 11.9. The Bertz CT molecular complexity index is 555. The third-order valence-electron chi connectivity index (χ3n) is 3.31. The highest BCUT2D eigenvalue weighted by Crippen LogP contribution is 2.23. The minimum atomic E-state index is -1.000. The van der Waals surface area contributed by atoms with Crippen LogP contribution in [0.5, 0.6) is 0 Å². The summed E-state index contributed by atoms with van der Waals surface area (Å²) in [5.74, 6) is -0.620. The first-order valence-corrected chi connectivity index (χ1v) is 7.92. The number of amides is 1. The van der Waals surface area contributed by atoms with Gasteiger partial charge in [-0.25, -0.2) is 9.78 Å². The van der Waals surface area contributed by atoms with Crippen molar-refractivity contribution in [1.82, 2.24) is 9.88 Å². The summed E-state index contributed by atoms with van der Waals surface area (Å²) in [5, 5.41) is 9.46. The van der Waals surface area contributed by atoms with Gasteiger partial charge in [0, 0.05) is 18.4 Å². The van der Waals surface area contributed by atoms with Gasteiger partial charge < -0.3 is 10.0 Å². The summed E-state index contributed by atoms with van der Waals surface area (Å²) < 4.78 is 0. The van der Waals surface area contributed by atoms with E-state index < -0.39 is 5.97 Å². The maximum atomic E-state index is 12.3. The van der Waals surface area contributed by atoms with Gasteiger partial charge in [-0.05, 0) is 38.3 Å². The van der Waals surface area contributed by atoms with Crippen LogP contribution in [-0.4, -0.2) is 39.2 Å². The van der Waals surface area contributed by atoms with Crippen LogP contribution in [0.15, 0.2) is 35.1 Å². The number of hydrogen-bond donors (Lipinski definition) is 1. The third-order valence-corrected chi connectivity index (χ3v) is 4.24. The highest BCUT2D eigenvalue weighted by molar-refractivity contribution is 7.99. The molecule has 21 heavy (non-hydrogen) atoms. The largest absolute Gasteiger partial charge is 0.478 e. The minimum Gasteiger partial charge on any atom is -0.478 e. The van der Waals surface area contributed by atoms with E-state index in [1.165, 1.54) is 24.0 Å². The molecule has 5 nitrogen and oxygen atoms in total. The lowest BCUT2D eigenvalue weighted by Gasteiger charge is -2.22. The van der Waals surface area contributed by atoms with Crippen LogP contribution < -0.4 is 0 Å². The van der Waals surface area contributed by atoms with Crippen molar-refractivity contribution in [2.24, 2.45) is 0 Å². The SMILES string of the molecule is CCN(C(=O)CSc1ccc(C(=O)O)cn1)C1=CCCC1. The fourth-order valence-corrected chi connectivity index (χ4v) is 2.96. The molecule has 0 saturated heterocycles. The number of carbonyl (C=O) groups excluding carboxylic acids is 1. The predicted octanol–water partition coefficient (Wildman–Crippen LogP) is 2.79. The second kappa shape index (κ2) is 7.26. The zero-order valence-corrected chi connectivity index (χ0v) is 12.7. The van der Waals surface area contributed by atoms with Gasteiger partial charge in [0.05, 0.1) is 16.3 Å². The summed E-state index contributed by atoms with van der Waals surface area (Å²) in [4.78, 5) is 28.9. The molecule has 0 fully saturated rings. The van der Waals surface area contributed by atoms with Crippen LogP contribution in [0.25, 0.3) is 0 Å². The lowest BCUT2D eigenvalue weighted by atomic mass is 10.3. The van der Waals surface area contributed by atoms with E-state index in [4.69, 9.17) is 5.11 Å². The van der Waals surface area contributed by atoms with Gasteiger partial charge in [0.15, 0.2) is 0 Å². The number of carbonyl (C=O) groups is 2. The van der Waals surface area contributed by atoms with Gasteiger partial charge >= 0.3 is 5.97 Å². The third kappa shape index (κ3) is 4.07. The lowest BCUT2D eigenvalue weighted by Crippen LogP contribution is -2.31. The van der Waals surface area contributed by atoms with Gasteiger partial charge in [-0.3, -0.25) is 4.79 Å². The molecule has 0 saturated carbocycles. The van der Waals surface area contributed by atoms with Crippen LogP contribution in [0.4, 0.5) is 0 Å². The van der Waals surface area contributed by atoms with E-state index in [2.05, 4.69) is 11.1 Å². The maximum Gasteiger partial charge on any atom is 0.337 e. The van der Waals surface area contributed by atoms with E-state index in [9.17, 15) is 9.59 Å². The fourth-order valence-electron chi connectivity index (χ4n) is 2.24. The van der Waals surface area contributed by atoms with Crippen molar-refractivity contribution in [3.63, 3.8) is 0 Å². The standard InChI is InChI=1S/C15H18N2O3S/c1-2-17(12-5-3-4-6-12)14(18)10-21-13-8-7-11(9-16-13)15(19)20/h5,7-9H,2-4,6,10H2,1H3,(H,19,20). The molecule has 112 valence electrons. The summed E-state index contributed by atoms with van der Waals surface area (Å²) in [5.41, 5.74) is 1.27. The molecule has 0 aliphatic heterocycles. The molecule has 1 aromatic heterocycles. The first kappa shape index (κ1) is 15.6. The molecular weight excluding hydrogens is 288 g/mol. The Morgan fingerprint density at radius 3 is 2.76 bits per heavy atom. The Labute approximate surface area is 128 Å². The summed E-state index contributed by atoms with van der Waals surface area (Å²) in [7, 11) is 0. The number of thioether (sulfide) groups is 1. The number of hydrogen-bond acceptors (Lipinski definition) is 4. The van der Waals surface area contributed by atoms with Crippen LogP contribution >= 0.6 is 11.8 Å². The van der Waals surface area contributed by atoms with E-state index in [-0.39, 0.29) is 11.5 Å². The van der Waals surface area contributed by atoms with Crippen molar-refractivity contribution < 1.29 is 14.7 Å². The molecule has 1 amide bonds. The number of carboxylic acids is 1. The quantitative estimate of drug-likeness (QED) is 0.818. The molecule has 1 heterocycles. The van der Waals surface area contributed by atoms with Crippen LogP contribution in [0.1, 0.15) is 36.5 Å². The van der Waals surface area contributed by atoms with E-state index >= 15 is 0 Å². The second-order valence-corrected chi connectivity index (χ2v) is 5.70. The normalized spacial score (nSPS) is 13.9. The average molecular weight is 306 g/mol. The first-order chi connectivity index (χ1) is 10.1. The molecule has 0 atom stereocenters. The summed E-state index contributed by atoms with van der Waals surface area (Å²) in [6.07, 6.45) is 6.57. The number of carboxylic acid groups (broad SMARTS) is 1. The topological polar surface area (TPSA) is 70.5 Å². The van der Waals surface area contributed by atoms with Crippen LogP contribution in [0, 0.1) is 0 Å². The highest BCUT2D eigenvalue weighted by Gasteiger charge is 2.18. The summed E-state index contributed by atoms with van der Waals surface area (Å²) >= 11 is 1.33. The van der Waals surface area contributed by atoms with Gasteiger partial charge in [-0.15, -0.1) is 0 Å². The van der Waals surface area contributed by atoms with Crippen LogP contribution in [0.2, 0.25) is 0 Å². The zero-order chi connectivity index (χ0) is 15.2. The molecule has 1 aliphatic carbocycles. The molecule has 0 unspecified atom stereocenters. The summed E-state index contributed by atoms with van der Waals surface area (Å²) in [6.45, 7) is 2.65. The Balaban J connectivity index is 1.92. The number of allylic oxidation sites excluding steroid dienone is 2. The number of pyridine rings is 1. The smallest absolute Gasteiger partial charge is 0.337 e. The molecule has 1 aromatic rings. The number of rotatable bonds is 6. The molecule has 0 radical (unpaired) electrons. The van der Waals surface area contributed by atoms with Crippen molar-refractivity contribution in [2.75, 3.05) is 12.3 Å². The monoisotopic (exact) mass is 306 g/mol. The van der Waals surface area contributed by atoms with Gasteiger partial charge in [0.1, 0.15) is 0 Å². The first-order valence-electron chi connectivity index (χ1n) is 6.93. The molecule has 0 bridgehead atoms. The van der Waals surface area contributed by atoms with Crippen molar-refractivity contribution in [2.45, 2.75) is 31.2 Å². The minimum absolute atomic E-state index is 0.0692. The molecule has 1 aliphatic rings. The fraction of sp³-hybridized carbons (Fsp3) is 0.400. The Morgan fingerprint density at radius 1 is 1.43 bits per heavy atom. The van der Waals surface area contributed by atoms with Crippen molar-refractivity contribution in [1.29, 1.82) is 0 Å². The molecule has 1 N–H and O–H groups in total. The predicted molar refractivity (Wildman–Crippen MR) is 81.2 cm³/mol. The molecule has 2 rings (SSSR count). The van der Waals surface area contributed by atoms with Crippen molar-refractivity contribution in [3.8, 4) is 0 Å². The number of aromatic nitrogens is 1. The van der Waals surface area contributed by atoms with Crippen molar-refractivity contribution in [3.05, 3.63) is 35.7 Å². The average Bonchev–Trinajstić information content (AvgIpc) is 3.00. The Morgan fingerprint density at radius 2 is 2.24 bits per heavy atom. The Kier molecular flexibility index (Phi) is 5.38. The van der Waals surface area contributed by atoms with Crippen LogP contribution in [0.3, 0.4) is 0 Å². The van der Waals surface area contributed by atoms with E-state index in [1.54, 1.807) is 6.07 Å². The van der Waals surface area contributed by atoms with E-state index in [0.29, 0.717) is 17.3 Å². The Hall–Kier alpha value is -1.82. The van der Waals surface area contributed by atoms with Gasteiger partial charge in [-0.2, -0.15) is 0 Å². The van der Waals surface area contributed by atoms with E-state index in [0.717, 1.165) is 25.0 Å². The number of aromatic carboxylic acids is 1. The van der Waals surface area contributed by atoms with E-state index in [1.807, 2.05) is 11.8 Å².